The van der Waals surface area contributed by atoms with E-state index in [0.717, 1.165) is 10.5 Å². The number of esters is 1. The minimum absolute atomic E-state index is 0.0344. The maximum atomic E-state index is 13.9. The number of anilines is 1. The van der Waals surface area contributed by atoms with Gasteiger partial charge in [-0.3, -0.25) is 28.8 Å². The summed E-state index contributed by atoms with van der Waals surface area (Å²) in [6.45, 7) is 5.46. The molecule has 260 valence electrons. The van der Waals surface area contributed by atoms with Crippen LogP contribution in [0.2, 0.25) is 0 Å². The van der Waals surface area contributed by atoms with Crippen molar-refractivity contribution in [2.24, 2.45) is 17.6 Å². The van der Waals surface area contributed by atoms with Crippen LogP contribution in [0, 0.1) is 11.8 Å². The maximum absolute atomic E-state index is 13.9. The molecule has 1 fully saturated rings. The summed E-state index contributed by atoms with van der Waals surface area (Å²) in [7, 11) is 0. The molecule has 0 saturated carbocycles. The van der Waals surface area contributed by atoms with Gasteiger partial charge in [-0.15, -0.1) is 0 Å². The fourth-order valence-corrected chi connectivity index (χ4v) is 5.11. The predicted molar refractivity (Wildman–Crippen MR) is 168 cm³/mol. The van der Waals surface area contributed by atoms with Crippen LogP contribution in [0.4, 0.5) is 18.9 Å². The highest BCUT2D eigenvalue weighted by atomic mass is 19.4. The molecule has 1 aliphatic rings. The van der Waals surface area contributed by atoms with E-state index in [9.17, 15) is 41.9 Å². The van der Waals surface area contributed by atoms with Gasteiger partial charge in [-0.25, -0.2) is 0 Å². The average molecular weight is 676 g/mol. The summed E-state index contributed by atoms with van der Waals surface area (Å²) >= 11 is 0. The van der Waals surface area contributed by atoms with Crippen LogP contribution < -0.4 is 21.7 Å². The van der Waals surface area contributed by atoms with Gasteiger partial charge in [0.2, 0.25) is 11.4 Å². The fourth-order valence-electron chi connectivity index (χ4n) is 5.11. The molecular weight excluding hydrogens is 635 g/mol. The van der Waals surface area contributed by atoms with Crippen LogP contribution >= 0.6 is 0 Å². The number of benzene rings is 2. The number of nitrogens with one attached hydrogen (secondary N) is 3. The quantitative estimate of drug-likeness (QED) is 0.185. The van der Waals surface area contributed by atoms with Gasteiger partial charge >= 0.3 is 12.1 Å². The fraction of sp³-hybridized carbons (Fsp3) is 0.455. The Morgan fingerprint density at radius 3 is 2.10 bits per heavy atom. The van der Waals surface area contributed by atoms with E-state index >= 15 is 0 Å². The molecule has 3 rings (SSSR count). The van der Waals surface area contributed by atoms with E-state index in [1.54, 1.807) is 38.1 Å². The zero-order valence-electron chi connectivity index (χ0n) is 27.1. The average Bonchev–Trinajstić information content (AvgIpc) is 3.50. The first-order chi connectivity index (χ1) is 22.5. The second-order valence-electron chi connectivity index (χ2n) is 12.1. The van der Waals surface area contributed by atoms with Gasteiger partial charge in [0, 0.05) is 17.8 Å². The molecule has 48 heavy (non-hydrogen) atoms. The molecule has 0 aromatic heterocycles. The largest absolute Gasteiger partial charge is 0.460 e. The van der Waals surface area contributed by atoms with E-state index < -0.39 is 77.6 Å². The van der Waals surface area contributed by atoms with Crippen molar-refractivity contribution >= 4 is 41.1 Å². The van der Waals surface area contributed by atoms with Crippen molar-refractivity contribution in [3.8, 4) is 0 Å². The lowest BCUT2D eigenvalue weighted by Gasteiger charge is -2.38. The second-order valence-corrected chi connectivity index (χ2v) is 12.1. The summed E-state index contributed by atoms with van der Waals surface area (Å²) < 4.78 is 45.3. The summed E-state index contributed by atoms with van der Waals surface area (Å²) in [6.07, 6.45) is -5.38. The molecule has 1 unspecified atom stereocenters. The van der Waals surface area contributed by atoms with Gasteiger partial charge < -0.3 is 31.3 Å². The highest BCUT2D eigenvalue weighted by Crippen LogP contribution is 2.33. The molecule has 0 spiro atoms. The van der Waals surface area contributed by atoms with E-state index in [1.807, 2.05) is 6.07 Å². The van der Waals surface area contributed by atoms with Crippen molar-refractivity contribution in [1.82, 2.24) is 15.5 Å². The molecule has 0 radical (unpaired) electrons. The Hall–Kier alpha value is -4.79. The predicted octanol–water partition coefficient (Wildman–Crippen LogP) is 2.72. The Labute approximate surface area is 275 Å². The Morgan fingerprint density at radius 2 is 1.54 bits per heavy atom. The van der Waals surface area contributed by atoms with Crippen LogP contribution in [0.25, 0.3) is 0 Å². The van der Waals surface area contributed by atoms with Crippen LogP contribution in [-0.2, 0) is 35.3 Å². The van der Waals surface area contributed by atoms with E-state index in [1.165, 1.54) is 38.1 Å². The number of nitrogens with zero attached hydrogens (tertiary/aromatic N) is 1. The van der Waals surface area contributed by atoms with Crippen LogP contribution in [0.15, 0.2) is 54.6 Å². The smallest absolute Gasteiger partial charge is 0.452 e. The zero-order chi connectivity index (χ0) is 35.8. The third kappa shape index (κ3) is 8.97. The highest BCUT2D eigenvalue weighted by molar-refractivity contribution is 6.18. The number of hydrogen-bond donors (Lipinski definition) is 4. The molecule has 12 nitrogen and oxygen atoms in total. The molecule has 1 heterocycles. The maximum Gasteiger partial charge on any atom is 0.452 e. The molecule has 2 aromatic rings. The number of carbonyl (C=O) groups excluding carboxylic acids is 6. The van der Waals surface area contributed by atoms with Gasteiger partial charge in [-0.05, 0) is 54.5 Å². The third-order valence-electron chi connectivity index (χ3n) is 7.96. The van der Waals surface area contributed by atoms with Gasteiger partial charge in [0.05, 0.1) is 12.1 Å². The lowest BCUT2D eigenvalue weighted by molar-refractivity contribution is -0.175. The SMILES string of the molecule is CC(C)C(NC(=O)[C@]1(C(=O)Nc2ccc(C(=O)NCC(=O)OCc3ccccc3)cc2)CCCN1C(=O)[C@@H](N)C(C)C)C(=O)C(F)(F)F. The number of ether oxygens (including phenoxy) is 1. The first-order valence-electron chi connectivity index (χ1n) is 15.4. The summed E-state index contributed by atoms with van der Waals surface area (Å²) in [5.41, 5.74) is 4.72. The molecule has 5 N–H and O–H groups in total. The molecule has 2 aromatic carbocycles. The second kappa shape index (κ2) is 15.9. The van der Waals surface area contributed by atoms with Crippen molar-refractivity contribution < 1.29 is 46.7 Å². The molecule has 1 aliphatic heterocycles. The Balaban J connectivity index is 1.79. The number of likely N-dealkylation sites (tertiary alicyclic amines) is 1. The summed E-state index contributed by atoms with van der Waals surface area (Å²) in [6, 6.07) is 11.1. The Kier molecular flexibility index (Phi) is 12.5. The van der Waals surface area contributed by atoms with Crippen LogP contribution in [0.1, 0.15) is 56.5 Å². The first kappa shape index (κ1) is 37.7. The third-order valence-corrected chi connectivity index (χ3v) is 7.96. The Morgan fingerprint density at radius 1 is 0.917 bits per heavy atom. The number of hydrogen-bond acceptors (Lipinski definition) is 8. The van der Waals surface area contributed by atoms with Gasteiger partial charge in [0.25, 0.3) is 23.5 Å². The summed E-state index contributed by atoms with van der Waals surface area (Å²) in [5.74, 6) is -7.94. The summed E-state index contributed by atoms with van der Waals surface area (Å²) in [5, 5.41) is 7.05. The van der Waals surface area contributed by atoms with Crippen molar-refractivity contribution in [3.63, 3.8) is 0 Å². The molecule has 15 heteroatoms. The van der Waals surface area contributed by atoms with Crippen molar-refractivity contribution in [1.29, 1.82) is 0 Å². The number of ketones is 1. The Bertz CT molecular complexity index is 1500. The molecular formula is C33H40F3N5O7. The van der Waals surface area contributed by atoms with Crippen molar-refractivity contribution in [2.75, 3.05) is 18.4 Å². The zero-order valence-corrected chi connectivity index (χ0v) is 27.1. The standard InChI is InChI=1S/C33H40F3N5O7/c1-19(2)25(37)29(45)41-16-8-15-32(41,31(47)40-26(20(3)4)27(43)33(34,35)36)30(46)39-23-13-11-22(12-14-23)28(44)38-17-24(42)48-18-21-9-6-5-7-10-21/h5-7,9-14,19-20,25-26H,8,15-18,37H2,1-4H3,(H,38,44)(H,39,46)(H,40,47)/t25-,26?,32+/m0/s1. The van der Waals surface area contributed by atoms with Crippen LogP contribution in [-0.4, -0.2) is 77.2 Å². The van der Waals surface area contributed by atoms with Crippen LogP contribution in [0.5, 0.6) is 0 Å². The van der Waals surface area contributed by atoms with E-state index in [4.69, 9.17) is 10.5 Å². The van der Waals surface area contributed by atoms with Gasteiger partial charge in [0.15, 0.2) is 0 Å². The minimum Gasteiger partial charge on any atom is -0.460 e. The minimum atomic E-state index is -5.26. The van der Waals surface area contributed by atoms with Gasteiger partial charge in [0.1, 0.15) is 13.2 Å². The molecule has 4 amide bonds. The van der Waals surface area contributed by atoms with Crippen molar-refractivity contribution in [2.45, 2.75) is 70.9 Å². The number of halogens is 3. The highest BCUT2D eigenvalue weighted by Gasteiger charge is 2.58. The molecule has 1 saturated heterocycles. The van der Waals surface area contributed by atoms with Crippen molar-refractivity contribution in [3.05, 3.63) is 65.7 Å². The summed E-state index contributed by atoms with van der Waals surface area (Å²) in [4.78, 5) is 79.0. The van der Waals surface area contributed by atoms with Gasteiger partial charge in [-0.2, -0.15) is 13.2 Å². The molecule has 3 atom stereocenters. The monoisotopic (exact) mass is 675 g/mol. The lowest BCUT2D eigenvalue weighted by atomic mass is 9.89. The van der Waals surface area contributed by atoms with E-state index in [0.29, 0.717) is 0 Å². The van der Waals surface area contributed by atoms with Gasteiger partial charge in [-0.1, -0.05) is 58.0 Å². The first-order valence-corrected chi connectivity index (χ1v) is 15.4. The number of amides is 4. The number of carbonyl (C=O) groups is 6. The molecule has 0 aliphatic carbocycles. The number of Topliss-reactive ketones (excluding diaryl/α,β-unsaturated/α-hetero) is 1. The lowest BCUT2D eigenvalue weighted by Crippen LogP contribution is -2.68. The molecule has 0 bridgehead atoms. The normalized spacial score (nSPS) is 17.4. The topological polar surface area (TPSA) is 177 Å². The number of alkyl halides is 3. The van der Waals surface area contributed by atoms with E-state index in [-0.39, 0.29) is 37.2 Å². The number of nitrogens with two attached hydrogens (primary N) is 1. The van der Waals surface area contributed by atoms with Crippen LogP contribution in [0.3, 0.4) is 0 Å². The number of rotatable bonds is 13. The van der Waals surface area contributed by atoms with E-state index in [2.05, 4.69) is 16.0 Å².